The van der Waals surface area contributed by atoms with E-state index >= 15 is 0 Å². The molecule has 24 heavy (non-hydrogen) atoms. The van der Waals surface area contributed by atoms with E-state index in [4.69, 9.17) is 4.52 Å². The number of nitrogens with zero attached hydrogens (tertiary/aromatic N) is 3. The molecule has 0 radical (unpaired) electrons. The van der Waals surface area contributed by atoms with Crippen LogP contribution in [0.5, 0.6) is 0 Å². The van der Waals surface area contributed by atoms with Gasteiger partial charge in [0.05, 0.1) is 5.69 Å². The second-order valence-electron chi connectivity index (χ2n) is 7.26. The highest BCUT2D eigenvalue weighted by Crippen LogP contribution is 2.29. The normalized spacial score (nSPS) is 15.0. The average Bonchev–Trinajstić information content (AvgIpc) is 3.07. The first kappa shape index (κ1) is 17.1. The monoisotopic (exact) mass is 348 g/mol. The number of anilines is 1. The first-order chi connectivity index (χ1) is 11.4. The Hall–Kier alpha value is -1.76. The van der Waals surface area contributed by atoms with Gasteiger partial charge < -0.3 is 9.84 Å². The molecule has 2 heterocycles. The fourth-order valence-electron chi connectivity index (χ4n) is 2.65. The van der Waals surface area contributed by atoms with Crippen LogP contribution in [0.1, 0.15) is 68.7 Å². The van der Waals surface area contributed by atoms with Crippen molar-refractivity contribution in [3.05, 3.63) is 22.3 Å². The summed E-state index contributed by atoms with van der Waals surface area (Å²) in [6, 6.07) is 0. The van der Waals surface area contributed by atoms with E-state index in [9.17, 15) is 4.79 Å². The van der Waals surface area contributed by atoms with Gasteiger partial charge in [0.2, 0.25) is 11.8 Å². The molecule has 130 valence electrons. The van der Waals surface area contributed by atoms with Crippen molar-refractivity contribution in [3.8, 4) is 0 Å². The van der Waals surface area contributed by atoms with Gasteiger partial charge in [-0.1, -0.05) is 32.3 Å². The van der Waals surface area contributed by atoms with Crippen molar-refractivity contribution in [1.82, 2.24) is 15.1 Å². The predicted molar refractivity (Wildman–Crippen MR) is 93.3 cm³/mol. The Morgan fingerprint density at radius 2 is 2.00 bits per heavy atom. The molecule has 0 aromatic carbocycles. The molecular weight excluding hydrogens is 324 g/mol. The number of carbonyl (C=O) groups is 1. The molecule has 0 spiro atoms. The van der Waals surface area contributed by atoms with Crippen LogP contribution < -0.4 is 5.32 Å². The molecule has 3 rings (SSSR count). The van der Waals surface area contributed by atoms with Gasteiger partial charge in [-0.05, 0) is 25.7 Å². The number of aromatic nitrogens is 3. The molecule has 0 atom stereocenters. The lowest BCUT2D eigenvalue weighted by atomic mass is 9.96. The molecule has 7 heteroatoms. The van der Waals surface area contributed by atoms with E-state index in [0.717, 1.165) is 12.8 Å². The number of carbonyl (C=O) groups excluding carboxylic acids is 1. The molecule has 2 aromatic rings. The van der Waals surface area contributed by atoms with Crippen molar-refractivity contribution in [2.75, 3.05) is 5.32 Å². The minimum atomic E-state index is -0.150. The van der Waals surface area contributed by atoms with Crippen molar-refractivity contribution in [2.24, 2.45) is 0 Å². The zero-order valence-electron chi connectivity index (χ0n) is 14.5. The number of thiazole rings is 1. The number of hydrogen-bond acceptors (Lipinski definition) is 6. The summed E-state index contributed by atoms with van der Waals surface area (Å²) < 4.78 is 5.22. The Bertz CT molecular complexity index is 691. The standard InChI is InChI=1S/C17H24N4O2S/c1-17(2,3)15-20-14(23-21-15)10-9-13(22)19-16-18-11-7-5-4-6-8-12(11)24-16/h4-10H2,1-3H3,(H,18,19,22). The van der Waals surface area contributed by atoms with Crippen LogP contribution in [0.4, 0.5) is 5.13 Å². The molecule has 1 aliphatic rings. The van der Waals surface area contributed by atoms with Crippen LogP contribution in [0.25, 0.3) is 0 Å². The maximum Gasteiger partial charge on any atom is 0.227 e. The van der Waals surface area contributed by atoms with E-state index in [1.807, 2.05) is 20.8 Å². The summed E-state index contributed by atoms with van der Waals surface area (Å²) in [6.45, 7) is 6.09. The van der Waals surface area contributed by atoms with E-state index in [0.29, 0.717) is 29.7 Å². The van der Waals surface area contributed by atoms with Crippen LogP contribution in [0.15, 0.2) is 4.52 Å². The minimum absolute atomic E-state index is 0.0607. The molecule has 1 N–H and O–H groups in total. The molecule has 0 fully saturated rings. The number of fused-ring (bicyclic) bond motifs is 1. The zero-order valence-corrected chi connectivity index (χ0v) is 15.3. The predicted octanol–water partition coefficient (Wildman–Crippen LogP) is 3.66. The summed E-state index contributed by atoms with van der Waals surface area (Å²) in [4.78, 5) is 22.4. The smallest absolute Gasteiger partial charge is 0.227 e. The van der Waals surface area contributed by atoms with Crippen molar-refractivity contribution in [1.29, 1.82) is 0 Å². The van der Waals surface area contributed by atoms with E-state index in [1.54, 1.807) is 11.3 Å². The zero-order chi connectivity index (χ0) is 17.2. The summed E-state index contributed by atoms with van der Waals surface area (Å²) in [7, 11) is 0. The minimum Gasteiger partial charge on any atom is -0.339 e. The number of rotatable bonds is 4. The third-order valence-electron chi connectivity index (χ3n) is 4.05. The van der Waals surface area contributed by atoms with Crippen LogP contribution in [0.2, 0.25) is 0 Å². The molecule has 1 aliphatic carbocycles. The second kappa shape index (κ2) is 7.01. The van der Waals surface area contributed by atoms with Gasteiger partial charge in [0.1, 0.15) is 0 Å². The molecule has 2 aromatic heterocycles. The van der Waals surface area contributed by atoms with Gasteiger partial charge in [0.15, 0.2) is 11.0 Å². The second-order valence-corrected chi connectivity index (χ2v) is 8.34. The van der Waals surface area contributed by atoms with Crippen LogP contribution in [0, 0.1) is 0 Å². The van der Waals surface area contributed by atoms with Gasteiger partial charge in [-0.3, -0.25) is 4.79 Å². The Morgan fingerprint density at radius 3 is 2.75 bits per heavy atom. The van der Waals surface area contributed by atoms with Gasteiger partial charge in [0.25, 0.3) is 0 Å². The first-order valence-electron chi connectivity index (χ1n) is 8.53. The Kier molecular flexibility index (Phi) is 4.99. The van der Waals surface area contributed by atoms with Crippen molar-refractivity contribution >= 4 is 22.4 Å². The SMILES string of the molecule is CC(C)(C)c1noc(CCC(=O)Nc2nc3c(s2)CCCCC3)n1. The molecule has 0 unspecified atom stereocenters. The lowest BCUT2D eigenvalue weighted by molar-refractivity contribution is -0.116. The number of aryl methyl sites for hydroxylation is 3. The van der Waals surface area contributed by atoms with Crippen molar-refractivity contribution in [2.45, 2.75) is 71.1 Å². The summed E-state index contributed by atoms with van der Waals surface area (Å²) in [5.41, 5.74) is 1.02. The van der Waals surface area contributed by atoms with Crippen LogP contribution in [0.3, 0.4) is 0 Å². The van der Waals surface area contributed by atoms with E-state index < -0.39 is 0 Å². The van der Waals surface area contributed by atoms with Gasteiger partial charge >= 0.3 is 0 Å². The molecule has 0 saturated carbocycles. The van der Waals surface area contributed by atoms with E-state index in [1.165, 1.54) is 29.8 Å². The number of amides is 1. The Morgan fingerprint density at radius 1 is 1.21 bits per heavy atom. The highest BCUT2D eigenvalue weighted by molar-refractivity contribution is 7.15. The Balaban J connectivity index is 1.53. The van der Waals surface area contributed by atoms with Crippen LogP contribution >= 0.6 is 11.3 Å². The largest absolute Gasteiger partial charge is 0.339 e. The molecule has 0 bridgehead atoms. The fourth-order valence-corrected chi connectivity index (χ4v) is 3.71. The number of hydrogen-bond donors (Lipinski definition) is 1. The first-order valence-corrected chi connectivity index (χ1v) is 9.35. The summed E-state index contributed by atoms with van der Waals surface area (Å²) in [6.07, 6.45) is 6.55. The summed E-state index contributed by atoms with van der Waals surface area (Å²) >= 11 is 1.61. The van der Waals surface area contributed by atoms with E-state index in [-0.39, 0.29) is 11.3 Å². The number of nitrogens with one attached hydrogen (secondary N) is 1. The molecule has 0 saturated heterocycles. The highest BCUT2D eigenvalue weighted by atomic mass is 32.1. The fraction of sp³-hybridized carbons (Fsp3) is 0.647. The topological polar surface area (TPSA) is 80.9 Å². The molecule has 1 amide bonds. The molecule has 0 aliphatic heterocycles. The maximum atomic E-state index is 12.1. The van der Waals surface area contributed by atoms with Crippen LogP contribution in [-0.2, 0) is 29.5 Å². The third kappa shape index (κ3) is 4.20. The van der Waals surface area contributed by atoms with Gasteiger partial charge in [-0.15, -0.1) is 11.3 Å². The molecule has 6 nitrogen and oxygen atoms in total. The maximum absolute atomic E-state index is 12.1. The van der Waals surface area contributed by atoms with Gasteiger partial charge in [-0.25, -0.2) is 4.98 Å². The highest BCUT2D eigenvalue weighted by Gasteiger charge is 2.21. The lowest BCUT2D eigenvalue weighted by Crippen LogP contribution is -2.14. The third-order valence-corrected chi connectivity index (χ3v) is 5.12. The quantitative estimate of drug-likeness (QED) is 0.853. The van der Waals surface area contributed by atoms with Gasteiger partial charge in [0, 0.05) is 23.1 Å². The van der Waals surface area contributed by atoms with E-state index in [2.05, 4.69) is 20.4 Å². The van der Waals surface area contributed by atoms with Crippen molar-refractivity contribution < 1.29 is 9.32 Å². The summed E-state index contributed by atoms with van der Waals surface area (Å²) in [5.74, 6) is 1.11. The van der Waals surface area contributed by atoms with Crippen LogP contribution in [-0.4, -0.2) is 21.0 Å². The lowest BCUT2D eigenvalue weighted by Gasteiger charge is -2.10. The average molecular weight is 348 g/mol. The van der Waals surface area contributed by atoms with Gasteiger partial charge in [-0.2, -0.15) is 4.98 Å². The van der Waals surface area contributed by atoms with Crippen molar-refractivity contribution in [3.63, 3.8) is 0 Å². The Labute approximate surface area is 146 Å². The molecular formula is C17H24N4O2S. The summed E-state index contributed by atoms with van der Waals surface area (Å²) in [5, 5.41) is 7.60.